The number of aromatic nitrogens is 3. The predicted octanol–water partition coefficient (Wildman–Crippen LogP) is -1.40. The van der Waals surface area contributed by atoms with Crippen molar-refractivity contribution in [3.8, 4) is 0 Å². The first-order valence-electron chi connectivity index (χ1n) is 5.89. The summed E-state index contributed by atoms with van der Waals surface area (Å²) in [6.07, 6.45) is 2.65. The average molecular weight is 254 g/mol. The van der Waals surface area contributed by atoms with Crippen molar-refractivity contribution in [2.75, 3.05) is 26.8 Å². The smallest absolute Gasteiger partial charge is 0.287 e. The third kappa shape index (κ3) is 3.03. The summed E-state index contributed by atoms with van der Waals surface area (Å²) in [5.41, 5.74) is 2.25. The maximum Gasteiger partial charge on any atom is 0.287 e. The van der Waals surface area contributed by atoms with E-state index in [0.717, 1.165) is 26.2 Å². The Bertz CT molecular complexity index is 401. The molecule has 1 unspecified atom stereocenters. The SMILES string of the molecule is CN(CCn1cc(C(=O)NN)nn1)C1CCOC1. The summed E-state index contributed by atoms with van der Waals surface area (Å²) in [6, 6.07) is 0.473. The van der Waals surface area contributed by atoms with Crippen molar-refractivity contribution in [3.05, 3.63) is 11.9 Å². The zero-order valence-electron chi connectivity index (χ0n) is 10.4. The van der Waals surface area contributed by atoms with E-state index >= 15 is 0 Å². The van der Waals surface area contributed by atoms with E-state index in [0.29, 0.717) is 12.6 Å². The van der Waals surface area contributed by atoms with E-state index in [1.54, 1.807) is 10.9 Å². The Balaban J connectivity index is 1.82. The molecule has 0 radical (unpaired) electrons. The molecule has 1 aromatic heterocycles. The second-order valence-corrected chi connectivity index (χ2v) is 4.34. The van der Waals surface area contributed by atoms with Crippen LogP contribution in [0.4, 0.5) is 0 Å². The van der Waals surface area contributed by atoms with E-state index in [9.17, 15) is 4.79 Å². The fourth-order valence-electron chi connectivity index (χ4n) is 1.90. The Morgan fingerprint density at radius 2 is 2.61 bits per heavy atom. The van der Waals surface area contributed by atoms with Crippen molar-refractivity contribution in [1.29, 1.82) is 0 Å². The molecule has 8 heteroatoms. The van der Waals surface area contributed by atoms with E-state index in [4.69, 9.17) is 10.6 Å². The van der Waals surface area contributed by atoms with Crippen LogP contribution in [-0.2, 0) is 11.3 Å². The minimum absolute atomic E-state index is 0.226. The zero-order chi connectivity index (χ0) is 13.0. The van der Waals surface area contributed by atoms with Crippen molar-refractivity contribution in [2.24, 2.45) is 5.84 Å². The van der Waals surface area contributed by atoms with E-state index < -0.39 is 5.91 Å². The van der Waals surface area contributed by atoms with Gasteiger partial charge in [0.15, 0.2) is 5.69 Å². The normalized spacial score (nSPS) is 19.4. The summed E-state index contributed by atoms with van der Waals surface area (Å²) in [7, 11) is 2.06. The molecule has 1 aliphatic heterocycles. The van der Waals surface area contributed by atoms with Gasteiger partial charge in [-0.3, -0.25) is 19.8 Å². The molecule has 3 N–H and O–H groups in total. The van der Waals surface area contributed by atoms with E-state index in [-0.39, 0.29) is 5.69 Å². The van der Waals surface area contributed by atoms with Crippen LogP contribution in [0.15, 0.2) is 6.20 Å². The molecule has 1 amide bonds. The third-order valence-electron chi connectivity index (χ3n) is 3.11. The molecular formula is C10H18N6O2. The molecule has 2 rings (SSSR count). The number of nitrogens with one attached hydrogen (secondary N) is 1. The molecule has 100 valence electrons. The Kier molecular flexibility index (Phi) is 4.24. The van der Waals surface area contributed by atoms with Crippen LogP contribution in [0.5, 0.6) is 0 Å². The minimum atomic E-state index is -0.432. The van der Waals surface area contributed by atoms with Crippen LogP contribution in [0.2, 0.25) is 0 Å². The topological polar surface area (TPSA) is 98.3 Å². The van der Waals surface area contributed by atoms with Gasteiger partial charge in [-0.05, 0) is 13.5 Å². The van der Waals surface area contributed by atoms with Crippen LogP contribution in [0.25, 0.3) is 0 Å². The highest BCUT2D eigenvalue weighted by atomic mass is 16.5. The van der Waals surface area contributed by atoms with Crippen LogP contribution in [0.1, 0.15) is 16.9 Å². The molecule has 0 spiro atoms. The number of hydrazine groups is 1. The Hall–Kier alpha value is -1.51. The fourth-order valence-corrected chi connectivity index (χ4v) is 1.90. The molecule has 0 saturated carbocycles. The number of hydrogen-bond donors (Lipinski definition) is 2. The maximum absolute atomic E-state index is 11.2. The summed E-state index contributed by atoms with van der Waals surface area (Å²) < 4.78 is 6.97. The van der Waals surface area contributed by atoms with Gasteiger partial charge < -0.3 is 4.74 Å². The molecule has 0 aliphatic carbocycles. The molecule has 1 aromatic rings. The van der Waals surface area contributed by atoms with E-state index in [1.807, 2.05) is 5.43 Å². The van der Waals surface area contributed by atoms with Gasteiger partial charge >= 0.3 is 0 Å². The van der Waals surface area contributed by atoms with Crippen LogP contribution >= 0.6 is 0 Å². The lowest BCUT2D eigenvalue weighted by Crippen LogP contribution is -2.34. The van der Waals surface area contributed by atoms with Crippen molar-refractivity contribution >= 4 is 5.91 Å². The monoisotopic (exact) mass is 254 g/mol. The van der Waals surface area contributed by atoms with Gasteiger partial charge in [0.1, 0.15) is 0 Å². The highest BCUT2D eigenvalue weighted by Gasteiger charge is 2.20. The minimum Gasteiger partial charge on any atom is -0.380 e. The Morgan fingerprint density at radius 3 is 3.28 bits per heavy atom. The molecule has 1 atom stereocenters. The van der Waals surface area contributed by atoms with Crippen LogP contribution in [-0.4, -0.2) is 58.6 Å². The van der Waals surface area contributed by atoms with E-state index in [1.165, 1.54) is 0 Å². The van der Waals surface area contributed by atoms with Crippen LogP contribution in [0, 0.1) is 0 Å². The first kappa shape index (κ1) is 12.9. The van der Waals surface area contributed by atoms with Gasteiger partial charge in [0, 0.05) is 19.2 Å². The second kappa shape index (κ2) is 5.89. The summed E-state index contributed by atoms with van der Waals surface area (Å²) in [6.45, 7) is 3.13. The predicted molar refractivity (Wildman–Crippen MR) is 63.5 cm³/mol. The van der Waals surface area contributed by atoms with Crippen LogP contribution in [0.3, 0.4) is 0 Å². The number of carbonyl (C=O) groups excluding carboxylic acids is 1. The van der Waals surface area contributed by atoms with Gasteiger partial charge in [0.05, 0.1) is 19.3 Å². The highest BCUT2D eigenvalue weighted by molar-refractivity contribution is 5.91. The number of ether oxygens (including phenoxy) is 1. The quantitative estimate of drug-likeness (QED) is 0.381. The lowest BCUT2D eigenvalue weighted by molar-refractivity contribution is 0.0948. The number of likely N-dealkylation sites (N-methyl/N-ethyl adjacent to an activating group) is 1. The van der Waals surface area contributed by atoms with Crippen molar-refractivity contribution in [2.45, 2.75) is 19.0 Å². The molecule has 1 fully saturated rings. The molecule has 1 saturated heterocycles. The Labute approximate surface area is 105 Å². The van der Waals surface area contributed by atoms with Crippen molar-refractivity contribution in [3.63, 3.8) is 0 Å². The number of nitrogens with two attached hydrogens (primary N) is 1. The summed E-state index contributed by atoms with van der Waals surface area (Å²) in [4.78, 5) is 13.4. The maximum atomic E-state index is 11.2. The summed E-state index contributed by atoms with van der Waals surface area (Å²) in [5.74, 6) is 4.59. The van der Waals surface area contributed by atoms with Crippen molar-refractivity contribution in [1.82, 2.24) is 25.3 Å². The average Bonchev–Trinajstić information content (AvgIpc) is 3.05. The first-order valence-corrected chi connectivity index (χ1v) is 5.89. The van der Waals surface area contributed by atoms with Crippen molar-refractivity contribution < 1.29 is 9.53 Å². The van der Waals surface area contributed by atoms with Crippen LogP contribution < -0.4 is 11.3 Å². The molecular weight excluding hydrogens is 236 g/mol. The molecule has 18 heavy (non-hydrogen) atoms. The van der Waals surface area contributed by atoms with Gasteiger partial charge in [0.2, 0.25) is 0 Å². The lowest BCUT2D eigenvalue weighted by atomic mass is 10.2. The largest absolute Gasteiger partial charge is 0.380 e. The molecule has 8 nitrogen and oxygen atoms in total. The lowest BCUT2D eigenvalue weighted by Gasteiger charge is -2.22. The van der Waals surface area contributed by atoms with E-state index in [2.05, 4.69) is 22.3 Å². The molecule has 0 bridgehead atoms. The third-order valence-corrected chi connectivity index (χ3v) is 3.11. The van der Waals surface area contributed by atoms with Gasteiger partial charge in [-0.2, -0.15) is 0 Å². The number of nitrogen functional groups attached to an aromatic ring is 1. The fraction of sp³-hybridized carbons (Fsp3) is 0.700. The number of nitrogens with zero attached hydrogens (tertiary/aromatic N) is 4. The number of carbonyl (C=O) groups is 1. The zero-order valence-corrected chi connectivity index (χ0v) is 10.4. The summed E-state index contributed by atoms with van der Waals surface area (Å²) >= 11 is 0. The van der Waals surface area contributed by atoms with Gasteiger partial charge in [-0.1, -0.05) is 5.21 Å². The van der Waals surface area contributed by atoms with Gasteiger partial charge in [0.25, 0.3) is 5.91 Å². The molecule has 0 aromatic carbocycles. The number of hydrogen-bond acceptors (Lipinski definition) is 6. The van der Waals surface area contributed by atoms with Gasteiger partial charge in [-0.15, -0.1) is 5.10 Å². The Morgan fingerprint density at radius 1 is 1.78 bits per heavy atom. The van der Waals surface area contributed by atoms with Gasteiger partial charge in [-0.25, -0.2) is 5.84 Å². The highest BCUT2D eigenvalue weighted by Crippen LogP contribution is 2.10. The summed E-state index contributed by atoms with van der Waals surface area (Å²) in [5, 5.41) is 7.62. The molecule has 2 heterocycles. The number of amides is 1. The first-order chi connectivity index (χ1) is 8.70. The number of rotatable bonds is 5. The molecule has 1 aliphatic rings. The standard InChI is InChI=1S/C10H18N6O2/c1-15(8-2-5-18-7-8)3-4-16-6-9(13-14-16)10(17)12-11/h6,8H,2-5,7,11H2,1H3,(H,12,17). The second-order valence-electron chi connectivity index (χ2n) is 4.34.